The first-order valence-corrected chi connectivity index (χ1v) is 20.1. The Bertz CT molecular complexity index is 2040. The van der Waals surface area contributed by atoms with Crippen molar-refractivity contribution >= 4 is 28.6 Å². The van der Waals surface area contributed by atoms with E-state index in [9.17, 15) is 19.8 Å². The van der Waals surface area contributed by atoms with Crippen molar-refractivity contribution in [3.8, 4) is 11.5 Å². The molecule has 0 aromatic heterocycles. The fourth-order valence-corrected chi connectivity index (χ4v) is 8.98. The summed E-state index contributed by atoms with van der Waals surface area (Å²) in [5.74, 6) is 0.845. The van der Waals surface area contributed by atoms with Gasteiger partial charge in [0, 0.05) is 56.9 Å². The van der Waals surface area contributed by atoms with Gasteiger partial charge in [-0.2, -0.15) is 0 Å². The maximum absolute atomic E-state index is 13.2. The summed E-state index contributed by atoms with van der Waals surface area (Å²) in [6.45, 7) is 8.53. The van der Waals surface area contributed by atoms with E-state index < -0.39 is 12.3 Å². The molecule has 0 bridgehead atoms. The number of hydrogen-bond acceptors (Lipinski definition) is 8. The van der Waals surface area contributed by atoms with Crippen molar-refractivity contribution in [2.24, 2.45) is 0 Å². The Morgan fingerprint density at radius 1 is 0.911 bits per heavy atom. The third kappa shape index (κ3) is 8.05. The number of amides is 2. The van der Waals surface area contributed by atoms with Gasteiger partial charge in [-0.25, -0.2) is 0 Å². The van der Waals surface area contributed by atoms with Crippen molar-refractivity contribution in [1.29, 1.82) is 0 Å². The second-order valence-corrected chi connectivity index (χ2v) is 15.5. The number of allylic oxidation sites excluding steroid dienone is 1. The quantitative estimate of drug-likeness (QED) is 0.118. The molecule has 2 unspecified atom stereocenters. The number of carbonyl (C=O) groups is 2. The zero-order valence-electron chi connectivity index (χ0n) is 32.2. The zero-order valence-corrected chi connectivity index (χ0v) is 32.2. The standard InChI is InChI=1S/C46H52N4O6/c1-2-39(32-7-4-3-5-8-32)43(33-9-14-37(51)15-10-33)34-11-16-38(17-12-34)55-27-6-23-48-26-28-56-46(31-48)21-24-49(25-22-46)36-13-18-40-35(29-36)30-50(45(40)54)41-19-20-42(52)47-44(41)53/h3-5,7-18,29,41,44,51,53H,2,6,19-28,30-31H2,1H3,(H,47,52)/b43-39-. The number of morpholine rings is 1. The minimum absolute atomic E-state index is 0.0821. The largest absolute Gasteiger partial charge is 0.508 e. The Balaban J connectivity index is 0.832. The highest BCUT2D eigenvalue weighted by atomic mass is 16.5. The first kappa shape index (κ1) is 37.7. The summed E-state index contributed by atoms with van der Waals surface area (Å²) in [4.78, 5) is 31.5. The maximum Gasteiger partial charge on any atom is 0.254 e. The molecule has 1 spiro atoms. The van der Waals surface area contributed by atoms with Crippen LogP contribution in [0.15, 0.2) is 97.1 Å². The van der Waals surface area contributed by atoms with E-state index >= 15 is 0 Å². The molecule has 2 amide bonds. The molecule has 292 valence electrons. The van der Waals surface area contributed by atoms with E-state index in [2.05, 4.69) is 76.6 Å². The molecule has 4 heterocycles. The van der Waals surface area contributed by atoms with Crippen LogP contribution in [0.3, 0.4) is 0 Å². The summed E-state index contributed by atoms with van der Waals surface area (Å²) >= 11 is 0. The number of phenolic OH excluding ortho intramolecular Hbond substituents is 1. The van der Waals surface area contributed by atoms with Crippen molar-refractivity contribution in [3.63, 3.8) is 0 Å². The molecule has 0 saturated carbocycles. The van der Waals surface area contributed by atoms with Gasteiger partial charge in [-0.05, 0) is 108 Å². The number of phenols is 1. The molecule has 4 aliphatic rings. The van der Waals surface area contributed by atoms with Crippen LogP contribution in [0.4, 0.5) is 5.69 Å². The van der Waals surface area contributed by atoms with E-state index in [1.165, 1.54) is 11.1 Å². The molecule has 4 aliphatic heterocycles. The molecule has 56 heavy (non-hydrogen) atoms. The summed E-state index contributed by atoms with van der Waals surface area (Å²) in [6, 6.07) is 32.0. The number of aromatic hydroxyl groups is 1. The number of ether oxygens (including phenoxy) is 2. The minimum Gasteiger partial charge on any atom is -0.508 e. The molecule has 3 saturated heterocycles. The molecular formula is C46H52N4O6. The van der Waals surface area contributed by atoms with Crippen LogP contribution in [-0.2, 0) is 16.1 Å². The average molecular weight is 757 g/mol. The lowest BCUT2D eigenvalue weighted by Crippen LogP contribution is -2.57. The van der Waals surface area contributed by atoms with Gasteiger partial charge < -0.3 is 34.8 Å². The van der Waals surface area contributed by atoms with Crippen LogP contribution in [0.2, 0.25) is 0 Å². The van der Waals surface area contributed by atoms with Crippen LogP contribution in [0.5, 0.6) is 11.5 Å². The zero-order chi connectivity index (χ0) is 38.6. The summed E-state index contributed by atoms with van der Waals surface area (Å²) in [7, 11) is 0. The number of hydrogen-bond donors (Lipinski definition) is 3. The maximum atomic E-state index is 13.2. The number of nitrogens with one attached hydrogen (secondary N) is 1. The minimum atomic E-state index is -1.04. The van der Waals surface area contributed by atoms with Crippen LogP contribution < -0.4 is 15.0 Å². The highest BCUT2D eigenvalue weighted by molar-refractivity contribution is 6.00. The lowest BCUT2D eigenvalue weighted by atomic mass is 9.88. The van der Waals surface area contributed by atoms with Gasteiger partial charge in [0.25, 0.3) is 5.91 Å². The second-order valence-electron chi connectivity index (χ2n) is 15.5. The van der Waals surface area contributed by atoms with Crippen molar-refractivity contribution in [2.45, 2.75) is 69.9 Å². The predicted octanol–water partition coefficient (Wildman–Crippen LogP) is 6.45. The normalized spacial score (nSPS) is 21.5. The van der Waals surface area contributed by atoms with Crippen molar-refractivity contribution < 1.29 is 29.3 Å². The van der Waals surface area contributed by atoms with Crippen LogP contribution in [-0.4, -0.2) is 95.6 Å². The van der Waals surface area contributed by atoms with E-state index in [0.29, 0.717) is 31.6 Å². The Morgan fingerprint density at radius 3 is 2.36 bits per heavy atom. The second kappa shape index (κ2) is 16.5. The van der Waals surface area contributed by atoms with E-state index in [1.54, 1.807) is 17.0 Å². The molecule has 10 heteroatoms. The number of piperidine rings is 2. The SMILES string of the molecule is CC/C(=C(\c1ccc(O)cc1)c1ccc(OCCCN2CCOC3(CCN(c4ccc5c(c4)CN(C4CCC(=O)NC4O)C5=O)CC3)C2)cc1)c1ccccc1. The van der Waals surface area contributed by atoms with Gasteiger partial charge in [-0.1, -0.05) is 61.5 Å². The first-order chi connectivity index (χ1) is 27.3. The van der Waals surface area contributed by atoms with Crippen LogP contribution in [0, 0.1) is 0 Å². The van der Waals surface area contributed by atoms with Gasteiger partial charge in [0.1, 0.15) is 17.7 Å². The van der Waals surface area contributed by atoms with Gasteiger partial charge in [0.15, 0.2) is 0 Å². The fourth-order valence-electron chi connectivity index (χ4n) is 8.98. The number of aliphatic hydroxyl groups excluding tert-OH is 1. The Kier molecular flexibility index (Phi) is 11.1. The van der Waals surface area contributed by atoms with Gasteiger partial charge in [0.05, 0.1) is 24.9 Å². The molecule has 0 aliphatic carbocycles. The monoisotopic (exact) mass is 756 g/mol. The summed E-state index contributed by atoms with van der Waals surface area (Å²) in [5.41, 5.74) is 8.38. The highest BCUT2D eigenvalue weighted by Crippen LogP contribution is 2.37. The number of rotatable bonds is 11. The van der Waals surface area contributed by atoms with E-state index in [1.807, 2.05) is 30.3 Å². The molecule has 4 aromatic rings. The summed E-state index contributed by atoms with van der Waals surface area (Å²) in [6.07, 6.45) is 3.40. The van der Waals surface area contributed by atoms with Crippen LogP contribution >= 0.6 is 0 Å². The molecule has 3 N–H and O–H groups in total. The average Bonchev–Trinajstić information content (AvgIpc) is 3.54. The number of anilines is 1. The Morgan fingerprint density at radius 2 is 1.64 bits per heavy atom. The highest BCUT2D eigenvalue weighted by Gasteiger charge is 2.41. The third-order valence-electron chi connectivity index (χ3n) is 12.0. The van der Waals surface area contributed by atoms with Crippen molar-refractivity contribution in [1.82, 2.24) is 15.1 Å². The van der Waals surface area contributed by atoms with Gasteiger partial charge >= 0.3 is 0 Å². The topological polar surface area (TPSA) is 115 Å². The predicted molar refractivity (Wildman–Crippen MR) is 217 cm³/mol. The molecule has 2 atom stereocenters. The van der Waals surface area contributed by atoms with Crippen molar-refractivity contribution in [2.75, 3.05) is 50.8 Å². The lowest BCUT2D eigenvalue weighted by molar-refractivity contribution is -0.129. The van der Waals surface area contributed by atoms with Gasteiger partial charge in [-0.3, -0.25) is 14.5 Å². The first-order valence-electron chi connectivity index (χ1n) is 20.1. The molecular weight excluding hydrogens is 705 g/mol. The fraction of sp³-hybridized carbons (Fsp3) is 0.391. The number of carbonyl (C=O) groups excluding carboxylic acids is 2. The number of fused-ring (bicyclic) bond motifs is 1. The number of nitrogens with zero attached hydrogens (tertiary/aromatic N) is 3. The van der Waals surface area contributed by atoms with E-state index in [4.69, 9.17) is 9.47 Å². The number of aliphatic hydroxyl groups is 1. The smallest absolute Gasteiger partial charge is 0.254 e. The Hall–Kier alpha value is -5.16. The molecule has 0 radical (unpaired) electrons. The van der Waals surface area contributed by atoms with Gasteiger partial charge in [-0.15, -0.1) is 0 Å². The summed E-state index contributed by atoms with van der Waals surface area (Å²) < 4.78 is 12.7. The van der Waals surface area contributed by atoms with Gasteiger partial charge in [0.2, 0.25) is 5.91 Å². The van der Waals surface area contributed by atoms with E-state index in [0.717, 1.165) is 98.7 Å². The van der Waals surface area contributed by atoms with Crippen LogP contribution in [0.25, 0.3) is 11.1 Å². The molecule has 8 rings (SSSR count). The Labute approximate surface area is 329 Å². The summed E-state index contributed by atoms with van der Waals surface area (Å²) in [5, 5.41) is 23.0. The molecule has 3 fully saturated rings. The van der Waals surface area contributed by atoms with E-state index in [-0.39, 0.29) is 23.2 Å². The van der Waals surface area contributed by atoms with Crippen molar-refractivity contribution in [3.05, 3.63) is 125 Å². The van der Waals surface area contributed by atoms with Crippen LogP contribution in [0.1, 0.15) is 78.1 Å². The number of benzene rings is 4. The molecule has 10 nitrogen and oxygen atoms in total. The third-order valence-corrected chi connectivity index (χ3v) is 12.0. The molecule has 4 aromatic carbocycles. The lowest BCUT2D eigenvalue weighted by Gasteiger charge is -2.48.